The Kier molecular flexibility index (Phi) is 4.11. The van der Waals surface area contributed by atoms with Gasteiger partial charge in [-0.15, -0.1) is 0 Å². The number of fused-ring (bicyclic) bond motifs is 2. The van der Waals surface area contributed by atoms with Gasteiger partial charge in [-0.2, -0.15) is 0 Å². The van der Waals surface area contributed by atoms with Gasteiger partial charge in [0, 0.05) is 12.1 Å². The lowest BCUT2D eigenvalue weighted by Gasteiger charge is -2.23. The van der Waals surface area contributed by atoms with Gasteiger partial charge in [-0.1, -0.05) is 12.1 Å². The Morgan fingerprint density at radius 1 is 1.23 bits per heavy atom. The first-order valence-corrected chi connectivity index (χ1v) is 9.47. The lowest BCUT2D eigenvalue weighted by Crippen LogP contribution is -2.35. The van der Waals surface area contributed by atoms with E-state index in [9.17, 15) is 14.7 Å². The molecule has 2 unspecified atom stereocenters. The summed E-state index contributed by atoms with van der Waals surface area (Å²) in [5.74, 6) is -0.340. The van der Waals surface area contributed by atoms with Crippen LogP contribution in [0.3, 0.4) is 0 Å². The van der Waals surface area contributed by atoms with Crippen molar-refractivity contribution >= 4 is 22.6 Å². The van der Waals surface area contributed by atoms with E-state index in [4.69, 9.17) is 4.74 Å². The summed E-state index contributed by atoms with van der Waals surface area (Å²) in [6.45, 7) is 0. The number of hydrogen-bond donors (Lipinski definition) is 1. The van der Waals surface area contributed by atoms with Gasteiger partial charge in [0.25, 0.3) is 0 Å². The monoisotopic (exact) mass is 364 g/mol. The number of hydrogen-bond acceptors (Lipinski definition) is 3. The molecule has 1 N–H and O–H groups in total. The van der Waals surface area contributed by atoms with Crippen LogP contribution < -0.4 is 4.74 Å². The Bertz CT molecular complexity index is 974. The number of ketones is 1. The van der Waals surface area contributed by atoms with Gasteiger partial charge in [-0.25, -0.2) is 9.59 Å². The standard InChI is InChI=1S/C21H15O4S/c1-25-16-11-10-13(21(23)24)12-19(16)26-17-8-4-2-6-14(17)20(22)15-7-3-5-9-18(15)26/h2-6,8,10-12,18H,9H2,1H3/q+1/p+1. The second-order valence-corrected chi connectivity index (χ2v) is 8.14. The molecule has 26 heavy (non-hydrogen) atoms. The molecule has 1 aliphatic carbocycles. The first-order valence-electron chi connectivity index (χ1n) is 8.18. The van der Waals surface area contributed by atoms with E-state index in [1.807, 2.05) is 30.3 Å². The van der Waals surface area contributed by atoms with E-state index in [-0.39, 0.29) is 16.6 Å². The van der Waals surface area contributed by atoms with Crippen molar-refractivity contribution < 1.29 is 19.4 Å². The molecule has 0 radical (unpaired) electrons. The van der Waals surface area contributed by atoms with E-state index >= 15 is 0 Å². The number of carboxylic acid groups (broad SMARTS) is 1. The minimum Gasteiger partial charge on any atom is -0.492 e. The van der Waals surface area contributed by atoms with Crippen LogP contribution in [0.1, 0.15) is 27.1 Å². The van der Waals surface area contributed by atoms with Gasteiger partial charge in [-0.3, -0.25) is 0 Å². The molecule has 2 aliphatic rings. The molecule has 0 amide bonds. The van der Waals surface area contributed by atoms with Crippen LogP contribution in [0.2, 0.25) is 0 Å². The van der Waals surface area contributed by atoms with Crippen molar-refractivity contribution in [1.82, 2.24) is 0 Å². The van der Waals surface area contributed by atoms with Crippen molar-refractivity contribution in [3.05, 3.63) is 77.4 Å². The summed E-state index contributed by atoms with van der Waals surface area (Å²) in [5, 5.41) is 9.37. The predicted octanol–water partition coefficient (Wildman–Crippen LogP) is 3.68. The summed E-state index contributed by atoms with van der Waals surface area (Å²) in [4.78, 5) is 26.1. The minimum absolute atomic E-state index is 0.00653. The van der Waals surface area contributed by atoms with E-state index in [1.54, 1.807) is 31.4 Å². The number of carbonyl (C=O) groups is 2. The van der Waals surface area contributed by atoms with Crippen molar-refractivity contribution in [3.8, 4) is 5.75 Å². The molecule has 0 bridgehead atoms. The van der Waals surface area contributed by atoms with Crippen LogP contribution in [0.25, 0.3) is 0 Å². The maximum Gasteiger partial charge on any atom is 0.335 e. The maximum atomic E-state index is 12.9. The highest BCUT2D eigenvalue weighted by Gasteiger charge is 2.54. The average Bonchev–Trinajstić information content (AvgIpc) is 2.68. The van der Waals surface area contributed by atoms with Crippen molar-refractivity contribution in [1.29, 1.82) is 0 Å². The van der Waals surface area contributed by atoms with Gasteiger partial charge in [0.2, 0.25) is 15.7 Å². The first-order chi connectivity index (χ1) is 12.6. The SMILES string of the molecule is COc1ccc(C(=O)O)cc1[S+]1c2ccccc2C(=O)C2=[C+]C=CCC21. The first kappa shape index (κ1) is 16.6. The van der Waals surface area contributed by atoms with Gasteiger partial charge in [-0.05, 0) is 24.3 Å². The van der Waals surface area contributed by atoms with Crippen molar-refractivity contribution in [2.75, 3.05) is 7.11 Å². The third-order valence-electron chi connectivity index (χ3n) is 4.57. The summed E-state index contributed by atoms with van der Waals surface area (Å²) < 4.78 is 5.54. The molecule has 0 spiro atoms. The van der Waals surface area contributed by atoms with Crippen LogP contribution in [-0.2, 0) is 10.9 Å². The molecule has 2 aromatic rings. The van der Waals surface area contributed by atoms with E-state index in [0.717, 1.165) is 9.79 Å². The summed E-state index contributed by atoms with van der Waals surface area (Å²) in [6, 6.07) is 12.5. The number of methoxy groups -OCH3 is 1. The number of benzene rings is 2. The molecule has 4 rings (SSSR count). The number of carboxylic acids is 1. The summed E-state index contributed by atoms with van der Waals surface area (Å²) in [7, 11) is 1.06. The molecule has 0 saturated carbocycles. The van der Waals surface area contributed by atoms with Crippen LogP contribution >= 0.6 is 0 Å². The van der Waals surface area contributed by atoms with Crippen LogP contribution in [0.5, 0.6) is 5.75 Å². The second kappa shape index (κ2) is 6.45. The second-order valence-electron chi connectivity index (χ2n) is 6.02. The number of carbonyl (C=O) groups excluding carboxylic acids is 1. The molecule has 2 aromatic carbocycles. The van der Waals surface area contributed by atoms with Crippen molar-refractivity contribution in [2.24, 2.45) is 0 Å². The van der Waals surface area contributed by atoms with E-state index in [2.05, 4.69) is 6.08 Å². The lowest BCUT2D eigenvalue weighted by molar-refractivity contribution is 0.0696. The molecule has 1 aliphatic heterocycles. The molecule has 1 heterocycles. The fourth-order valence-electron chi connectivity index (χ4n) is 3.37. The zero-order valence-electron chi connectivity index (χ0n) is 14.1. The normalized spacial score (nSPS) is 20.5. The molecule has 128 valence electrons. The van der Waals surface area contributed by atoms with Crippen molar-refractivity contribution in [3.63, 3.8) is 0 Å². The molecule has 0 fully saturated rings. The van der Waals surface area contributed by atoms with E-state index in [1.165, 1.54) is 0 Å². The van der Waals surface area contributed by atoms with Gasteiger partial charge in [0.1, 0.15) is 5.56 Å². The highest BCUT2D eigenvalue weighted by atomic mass is 32.2. The molecule has 0 saturated heterocycles. The molecule has 2 atom stereocenters. The summed E-state index contributed by atoms with van der Waals surface area (Å²) >= 11 is 0. The number of allylic oxidation sites excluding steroid dienone is 3. The summed E-state index contributed by atoms with van der Waals surface area (Å²) in [6.07, 6.45) is 7.64. The number of aromatic carboxylic acids is 1. The number of Topliss-reactive ketones (excluding diaryl/α,β-unsaturated/α-hetero) is 1. The van der Waals surface area contributed by atoms with Crippen LogP contribution in [0.15, 0.2) is 70.0 Å². The molecular formula is C21H16O4S+2. The smallest absolute Gasteiger partial charge is 0.335 e. The van der Waals surface area contributed by atoms with Crippen LogP contribution in [0, 0.1) is 6.08 Å². The zero-order chi connectivity index (χ0) is 18.3. The van der Waals surface area contributed by atoms with Crippen molar-refractivity contribution in [2.45, 2.75) is 21.5 Å². The maximum absolute atomic E-state index is 12.9. The third-order valence-corrected chi connectivity index (χ3v) is 7.19. The van der Waals surface area contributed by atoms with Crippen LogP contribution in [-0.4, -0.2) is 29.2 Å². The van der Waals surface area contributed by atoms with Gasteiger partial charge < -0.3 is 9.84 Å². The minimum atomic E-state index is -0.982. The Morgan fingerprint density at radius 3 is 2.81 bits per heavy atom. The number of rotatable bonds is 3. The lowest BCUT2D eigenvalue weighted by atomic mass is 9.95. The van der Waals surface area contributed by atoms with Gasteiger partial charge in [0.15, 0.2) is 10.6 Å². The molecule has 4 nitrogen and oxygen atoms in total. The molecule has 5 heteroatoms. The Hall–Kier alpha value is -2.88. The fraction of sp³-hybridized carbons (Fsp3) is 0.143. The van der Waals surface area contributed by atoms with E-state index in [0.29, 0.717) is 23.3 Å². The summed E-state index contributed by atoms with van der Waals surface area (Å²) in [5.41, 5.74) is 1.54. The highest BCUT2D eigenvalue weighted by molar-refractivity contribution is 7.98. The van der Waals surface area contributed by atoms with Crippen LogP contribution in [0.4, 0.5) is 0 Å². The van der Waals surface area contributed by atoms with Gasteiger partial charge in [0.05, 0.1) is 42.1 Å². The fourth-order valence-corrected chi connectivity index (χ4v) is 6.18. The highest BCUT2D eigenvalue weighted by Crippen LogP contribution is 2.44. The Labute approximate surface area is 154 Å². The Morgan fingerprint density at radius 2 is 2.04 bits per heavy atom. The van der Waals surface area contributed by atoms with Gasteiger partial charge >= 0.3 is 11.8 Å². The third kappa shape index (κ3) is 2.53. The predicted molar refractivity (Wildman–Crippen MR) is 98.9 cm³/mol. The Balaban J connectivity index is 1.98. The van der Waals surface area contributed by atoms with E-state index < -0.39 is 16.9 Å². The topological polar surface area (TPSA) is 63.6 Å². The average molecular weight is 364 g/mol. The number of ether oxygens (including phenoxy) is 1. The zero-order valence-corrected chi connectivity index (χ0v) is 14.9. The quantitative estimate of drug-likeness (QED) is 0.666. The largest absolute Gasteiger partial charge is 0.492 e. The molecular weight excluding hydrogens is 348 g/mol. The molecule has 0 aromatic heterocycles.